The summed E-state index contributed by atoms with van der Waals surface area (Å²) < 4.78 is 0. The van der Waals surface area contributed by atoms with Crippen LogP contribution in [0, 0.1) is 13.8 Å². The third kappa shape index (κ3) is 3.71. The van der Waals surface area contributed by atoms with Gasteiger partial charge < -0.3 is 14.9 Å². The summed E-state index contributed by atoms with van der Waals surface area (Å²) >= 11 is 0. The number of quaternary nitrogens is 1. The Morgan fingerprint density at radius 2 is 1.75 bits per heavy atom. The van der Waals surface area contributed by atoms with Gasteiger partial charge in [0.15, 0.2) is 0 Å². The average Bonchev–Trinajstić information content (AvgIpc) is 2.93. The fraction of sp³-hybridized carbons (Fsp3) is 0.304. The molecule has 1 heterocycles. The zero-order valence-corrected chi connectivity index (χ0v) is 16.8. The number of nitrogens with zero attached hydrogens (tertiary/aromatic N) is 1. The molecule has 2 aromatic carbocycles. The summed E-state index contributed by atoms with van der Waals surface area (Å²) in [5.41, 5.74) is 3.42. The molecule has 1 amide bonds. The number of hydrogen-bond donors (Lipinski definition) is 2. The second-order valence-corrected chi connectivity index (χ2v) is 7.68. The van der Waals surface area contributed by atoms with Crippen LogP contribution in [0.2, 0.25) is 0 Å². The Kier molecular flexibility index (Phi) is 5.66. The quantitative estimate of drug-likeness (QED) is 0.474. The number of rotatable bonds is 5. The molecular formula is C23H27N2O3+. The second kappa shape index (κ2) is 7.98. The largest absolute Gasteiger partial charge is 0.507 e. The molecule has 1 aliphatic heterocycles. The molecule has 3 rings (SSSR count). The number of carbonyl (C=O) groups excluding carboxylic acids is 2. The number of likely N-dealkylation sites (tertiary alicyclic amines) is 1. The van der Waals surface area contributed by atoms with Gasteiger partial charge in [-0.2, -0.15) is 0 Å². The van der Waals surface area contributed by atoms with E-state index >= 15 is 0 Å². The summed E-state index contributed by atoms with van der Waals surface area (Å²) in [7, 11) is 4.01. The Morgan fingerprint density at radius 1 is 1.07 bits per heavy atom. The van der Waals surface area contributed by atoms with Crippen molar-refractivity contribution in [2.45, 2.75) is 19.9 Å². The van der Waals surface area contributed by atoms with Crippen LogP contribution in [-0.4, -0.2) is 48.9 Å². The van der Waals surface area contributed by atoms with Crippen molar-refractivity contribution < 1.29 is 19.6 Å². The van der Waals surface area contributed by atoms with Crippen molar-refractivity contribution in [3.8, 4) is 0 Å². The van der Waals surface area contributed by atoms with Gasteiger partial charge in [-0.15, -0.1) is 0 Å². The maximum Gasteiger partial charge on any atom is 0.295 e. The number of carbonyl (C=O) groups is 2. The molecule has 28 heavy (non-hydrogen) atoms. The van der Waals surface area contributed by atoms with E-state index in [0.29, 0.717) is 18.7 Å². The van der Waals surface area contributed by atoms with Gasteiger partial charge in [-0.1, -0.05) is 48.0 Å². The first-order valence-electron chi connectivity index (χ1n) is 9.51. The molecule has 0 unspecified atom stereocenters. The minimum absolute atomic E-state index is 0.104. The predicted octanol–water partition coefficient (Wildman–Crippen LogP) is 1.87. The maximum absolute atomic E-state index is 12.9. The average molecular weight is 379 g/mol. The third-order valence-corrected chi connectivity index (χ3v) is 5.16. The Bertz CT molecular complexity index is 932. The van der Waals surface area contributed by atoms with Crippen molar-refractivity contribution in [3.63, 3.8) is 0 Å². The smallest absolute Gasteiger partial charge is 0.295 e. The van der Waals surface area contributed by atoms with Crippen LogP contribution in [0.25, 0.3) is 5.76 Å². The molecule has 0 aliphatic carbocycles. The SMILES string of the molecule is Cc1ccc(C)c(C(O)=C2C(=O)C(=O)N(CC[NH+](C)C)[C@@H]2c2ccccc2)c1. The Labute approximate surface area is 165 Å². The number of Topliss-reactive ketones (excluding diaryl/α,β-unsaturated/α-hetero) is 1. The van der Waals surface area contributed by atoms with E-state index in [1.807, 2.05) is 76.5 Å². The summed E-state index contributed by atoms with van der Waals surface area (Å²) in [6.07, 6.45) is 0. The molecular weight excluding hydrogens is 352 g/mol. The number of hydrogen-bond acceptors (Lipinski definition) is 3. The van der Waals surface area contributed by atoms with E-state index in [4.69, 9.17) is 0 Å². The van der Waals surface area contributed by atoms with Crippen molar-refractivity contribution in [2.24, 2.45) is 0 Å². The number of nitrogens with one attached hydrogen (secondary N) is 1. The predicted molar refractivity (Wildman–Crippen MR) is 109 cm³/mol. The molecule has 0 radical (unpaired) electrons. The summed E-state index contributed by atoms with van der Waals surface area (Å²) in [6, 6.07) is 14.6. The van der Waals surface area contributed by atoms with Gasteiger partial charge in [-0.05, 0) is 31.0 Å². The van der Waals surface area contributed by atoms with Crippen molar-refractivity contribution in [2.75, 3.05) is 27.2 Å². The molecule has 0 saturated carbocycles. The number of aryl methyl sites for hydroxylation is 2. The number of likely N-dealkylation sites (N-methyl/N-ethyl adjacent to an activating group) is 1. The first-order valence-corrected chi connectivity index (χ1v) is 9.51. The van der Waals surface area contributed by atoms with Gasteiger partial charge in [0.1, 0.15) is 5.76 Å². The molecule has 1 fully saturated rings. The lowest BCUT2D eigenvalue weighted by Gasteiger charge is -2.25. The molecule has 1 aliphatic rings. The van der Waals surface area contributed by atoms with E-state index < -0.39 is 17.7 Å². The molecule has 2 N–H and O–H groups in total. The maximum atomic E-state index is 12.9. The van der Waals surface area contributed by atoms with Crippen molar-refractivity contribution in [1.82, 2.24) is 4.90 Å². The standard InChI is InChI=1S/C23H26N2O3/c1-15-10-11-16(2)18(14-15)21(26)19-20(17-8-6-5-7-9-17)25(13-12-24(3)4)23(28)22(19)27/h5-11,14,20,26H,12-13H2,1-4H3/p+1/t20-/m1/s1. The van der Waals surface area contributed by atoms with E-state index in [-0.39, 0.29) is 11.3 Å². The normalized spacial score (nSPS) is 18.9. The zero-order valence-electron chi connectivity index (χ0n) is 16.8. The second-order valence-electron chi connectivity index (χ2n) is 7.68. The van der Waals surface area contributed by atoms with Gasteiger partial charge in [0, 0.05) is 5.56 Å². The fourth-order valence-corrected chi connectivity index (χ4v) is 3.57. The number of aliphatic hydroxyl groups excluding tert-OH is 1. The van der Waals surface area contributed by atoms with Crippen LogP contribution in [0.4, 0.5) is 0 Å². The fourth-order valence-electron chi connectivity index (χ4n) is 3.57. The summed E-state index contributed by atoms with van der Waals surface area (Å²) in [4.78, 5) is 28.5. The van der Waals surface area contributed by atoms with Gasteiger partial charge in [0.05, 0.1) is 38.8 Å². The topological polar surface area (TPSA) is 62.0 Å². The highest BCUT2D eigenvalue weighted by atomic mass is 16.3. The summed E-state index contributed by atoms with van der Waals surface area (Å²) in [5, 5.41) is 11.1. The molecule has 1 atom stereocenters. The number of benzene rings is 2. The van der Waals surface area contributed by atoms with E-state index in [1.165, 1.54) is 4.90 Å². The van der Waals surface area contributed by atoms with E-state index in [1.54, 1.807) is 4.90 Å². The zero-order chi connectivity index (χ0) is 20.4. The first-order chi connectivity index (χ1) is 13.3. The summed E-state index contributed by atoms with van der Waals surface area (Å²) in [6.45, 7) is 4.97. The van der Waals surface area contributed by atoms with Crippen molar-refractivity contribution >= 4 is 17.4 Å². The van der Waals surface area contributed by atoms with Gasteiger partial charge in [-0.25, -0.2) is 0 Å². The molecule has 0 spiro atoms. The molecule has 1 saturated heterocycles. The highest BCUT2D eigenvalue weighted by molar-refractivity contribution is 6.46. The number of amides is 1. The van der Waals surface area contributed by atoms with Crippen molar-refractivity contribution in [3.05, 3.63) is 76.4 Å². The van der Waals surface area contributed by atoms with Gasteiger partial charge in [0.2, 0.25) is 0 Å². The Hall–Kier alpha value is -2.92. The molecule has 2 aromatic rings. The highest BCUT2D eigenvalue weighted by Crippen LogP contribution is 2.39. The lowest BCUT2D eigenvalue weighted by atomic mass is 9.93. The molecule has 146 valence electrons. The van der Waals surface area contributed by atoms with Crippen LogP contribution in [-0.2, 0) is 9.59 Å². The molecule has 0 aromatic heterocycles. The van der Waals surface area contributed by atoms with Crippen LogP contribution >= 0.6 is 0 Å². The number of aliphatic hydroxyl groups is 1. The monoisotopic (exact) mass is 379 g/mol. The molecule has 5 nitrogen and oxygen atoms in total. The van der Waals surface area contributed by atoms with Crippen LogP contribution < -0.4 is 4.90 Å². The van der Waals surface area contributed by atoms with Crippen LogP contribution in [0.5, 0.6) is 0 Å². The molecule has 5 heteroatoms. The Balaban J connectivity index is 2.18. The van der Waals surface area contributed by atoms with Gasteiger partial charge in [0.25, 0.3) is 11.7 Å². The number of ketones is 1. The van der Waals surface area contributed by atoms with E-state index in [0.717, 1.165) is 16.7 Å². The lowest BCUT2D eigenvalue weighted by molar-refractivity contribution is -0.857. The molecule has 0 bridgehead atoms. The highest BCUT2D eigenvalue weighted by Gasteiger charge is 2.46. The van der Waals surface area contributed by atoms with Crippen LogP contribution in [0.3, 0.4) is 0 Å². The van der Waals surface area contributed by atoms with Gasteiger partial charge in [-0.3, -0.25) is 9.59 Å². The van der Waals surface area contributed by atoms with Crippen molar-refractivity contribution in [1.29, 1.82) is 0 Å². The van der Waals surface area contributed by atoms with Crippen LogP contribution in [0.15, 0.2) is 54.1 Å². The summed E-state index contributed by atoms with van der Waals surface area (Å²) in [5.74, 6) is -1.28. The van der Waals surface area contributed by atoms with E-state index in [9.17, 15) is 14.7 Å². The minimum Gasteiger partial charge on any atom is -0.507 e. The minimum atomic E-state index is -0.624. The van der Waals surface area contributed by atoms with Crippen LogP contribution in [0.1, 0.15) is 28.3 Å². The Morgan fingerprint density at radius 3 is 2.39 bits per heavy atom. The van der Waals surface area contributed by atoms with E-state index in [2.05, 4.69) is 0 Å². The first kappa shape index (κ1) is 19.8. The van der Waals surface area contributed by atoms with Gasteiger partial charge >= 0.3 is 0 Å². The third-order valence-electron chi connectivity index (χ3n) is 5.16. The lowest BCUT2D eigenvalue weighted by Crippen LogP contribution is -3.06.